The largest absolute Gasteiger partial charge is 0.495 e. The van der Waals surface area contributed by atoms with E-state index in [1.807, 2.05) is 12.2 Å². The highest BCUT2D eigenvalue weighted by Gasteiger charge is 2.42. The van der Waals surface area contributed by atoms with E-state index in [1.54, 1.807) is 18.2 Å². The molecule has 1 aliphatic carbocycles. The average Bonchev–Trinajstić information content (AvgIpc) is 3.16. The van der Waals surface area contributed by atoms with Crippen molar-refractivity contribution in [3.63, 3.8) is 0 Å². The van der Waals surface area contributed by atoms with Gasteiger partial charge in [0, 0.05) is 24.1 Å². The molecule has 0 unspecified atom stereocenters. The molecule has 4 rings (SSSR count). The summed E-state index contributed by atoms with van der Waals surface area (Å²) in [6.07, 6.45) is 4.82. The van der Waals surface area contributed by atoms with Crippen molar-refractivity contribution < 1.29 is 14.6 Å². The van der Waals surface area contributed by atoms with Gasteiger partial charge in [-0.25, -0.2) is 0 Å². The molecule has 2 aromatic rings. The molecule has 3 atom stereocenters. The number of anilines is 1. The third-order valence-electron chi connectivity index (χ3n) is 5.34. The number of fused-ring (bicyclic) bond motifs is 3. The molecule has 0 radical (unpaired) electrons. The number of benzene rings is 2. The zero-order valence-electron chi connectivity index (χ0n) is 14.5. The van der Waals surface area contributed by atoms with Crippen molar-refractivity contribution in [3.05, 3.63) is 79.9 Å². The van der Waals surface area contributed by atoms with Crippen LogP contribution in [0.25, 0.3) is 0 Å². The summed E-state index contributed by atoms with van der Waals surface area (Å²) < 4.78 is 5.43. The van der Waals surface area contributed by atoms with Crippen LogP contribution < -0.4 is 10.1 Å². The Morgan fingerprint density at radius 1 is 1.07 bits per heavy atom. The molecule has 0 aromatic heterocycles. The van der Waals surface area contributed by atoms with Gasteiger partial charge in [-0.1, -0.05) is 24.3 Å². The summed E-state index contributed by atoms with van der Waals surface area (Å²) in [5.74, 6) is 0.517. The number of nitro groups is 2. The molecule has 8 nitrogen and oxygen atoms in total. The molecule has 1 heterocycles. The zero-order chi connectivity index (χ0) is 19.1. The van der Waals surface area contributed by atoms with Crippen molar-refractivity contribution >= 4 is 17.1 Å². The van der Waals surface area contributed by atoms with Gasteiger partial charge in [-0.15, -0.1) is 0 Å². The van der Waals surface area contributed by atoms with Crippen molar-refractivity contribution in [3.8, 4) is 5.75 Å². The van der Waals surface area contributed by atoms with Gasteiger partial charge in [0.05, 0.1) is 34.2 Å². The van der Waals surface area contributed by atoms with E-state index >= 15 is 0 Å². The summed E-state index contributed by atoms with van der Waals surface area (Å²) in [4.78, 5) is 21.7. The fourth-order valence-corrected chi connectivity index (χ4v) is 4.13. The molecule has 1 aliphatic heterocycles. The second-order valence-electron chi connectivity index (χ2n) is 6.66. The summed E-state index contributed by atoms with van der Waals surface area (Å²) in [6.45, 7) is 0. The third-order valence-corrected chi connectivity index (χ3v) is 5.34. The van der Waals surface area contributed by atoms with Crippen LogP contribution in [0.3, 0.4) is 0 Å². The van der Waals surface area contributed by atoms with E-state index in [4.69, 9.17) is 4.74 Å². The number of hydrogen-bond acceptors (Lipinski definition) is 6. The van der Waals surface area contributed by atoms with Gasteiger partial charge in [-0.05, 0) is 24.0 Å². The smallest absolute Gasteiger partial charge is 0.275 e. The number of methoxy groups -OCH3 is 1. The minimum atomic E-state index is -0.431. The van der Waals surface area contributed by atoms with Gasteiger partial charge in [0.25, 0.3) is 11.4 Å². The maximum Gasteiger partial charge on any atom is 0.275 e. The number of ether oxygens (including phenoxy) is 1. The summed E-state index contributed by atoms with van der Waals surface area (Å²) in [6, 6.07) is 9.38. The topological polar surface area (TPSA) is 108 Å². The molecule has 8 heteroatoms. The number of allylic oxidation sites excluding steroid dienone is 2. The molecule has 27 heavy (non-hydrogen) atoms. The van der Waals surface area contributed by atoms with Gasteiger partial charge in [-0.2, -0.15) is 0 Å². The van der Waals surface area contributed by atoms with E-state index in [0.29, 0.717) is 17.0 Å². The van der Waals surface area contributed by atoms with Gasteiger partial charge < -0.3 is 10.1 Å². The Morgan fingerprint density at radius 2 is 1.81 bits per heavy atom. The quantitative estimate of drug-likeness (QED) is 0.489. The third kappa shape index (κ3) is 2.69. The Morgan fingerprint density at radius 3 is 2.44 bits per heavy atom. The van der Waals surface area contributed by atoms with E-state index in [9.17, 15) is 20.2 Å². The lowest BCUT2D eigenvalue weighted by Crippen LogP contribution is -2.30. The molecule has 138 valence electrons. The second-order valence-corrected chi connectivity index (χ2v) is 6.66. The van der Waals surface area contributed by atoms with Crippen LogP contribution in [-0.4, -0.2) is 17.0 Å². The van der Waals surface area contributed by atoms with Gasteiger partial charge in [0.2, 0.25) is 0 Å². The molecule has 1 N–H and O–H groups in total. The molecule has 0 bridgehead atoms. The molecule has 0 saturated heterocycles. The van der Waals surface area contributed by atoms with E-state index in [0.717, 1.165) is 12.0 Å². The summed E-state index contributed by atoms with van der Waals surface area (Å²) >= 11 is 0. The number of nitro benzene ring substituents is 2. The highest BCUT2D eigenvalue weighted by molar-refractivity contribution is 5.73. The van der Waals surface area contributed by atoms with Crippen LogP contribution in [-0.2, 0) is 0 Å². The van der Waals surface area contributed by atoms with E-state index < -0.39 is 4.92 Å². The van der Waals surface area contributed by atoms with Gasteiger partial charge in [-0.3, -0.25) is 20.2 Å². The first-order valence-electron chi connectivity index (χ1n) is 8.54. The lowest BCUT2D eigenvalue weighted by Gasteiger charge is -2.37. The maximum atomic E-state index is 11.6. The summed E-state index contributed by atoms with van der Waals surface area (Å²) in [5, 5.41) is 25.9. The molecule has 0 spiro atoms. The molecular weight excluding hydrogens is 350 g/mol. The van der Waals surface area contributed by atoms with Crippen LogP contribution in [0.4, 0.5) is 17.1 Å². The predicted molar refractivity (Wildman–Crippen MR) is 99.1 cm³/mol. The van der Waals surface area contributed by atoms with Crippen LogP contribution in [0.1, 0.15) is 29.5 Å². The van der Waals surface area contributed by atoms with Crippen molar-refractivity contribution in [2.75, 3.05) is 12.4 Å². The van der Waals surface area contributed by atoms with Gasteiger partial charge in [0.15, 0.2) is 0 Å². The first kappa shape index (κ1) is 17.0. The Bertz CT molecular complexity index is 955. The normalized spacial score (nSPS) is 22.5. The van der Waals surface area contributed by atoms with Crippen LogP contribution in [0.5, 0.6) is 5.75 Å². The van der Waals surface area contributed by atoms with E-state index in [-0.39, 0.29) is 34.2 Å². The predicted octanol–water partition coefficient (Wildman–Crippen LogP) is 4.34. The lowest BCUT2D eigenvalue weighted by atomic mass is 9.76. The molecular formula is C19H17N3O5. The van der Waals surface area contributed by atoms with Crippen molar-refractivity contribution in [1.29, 1.82) is 0 Å². The first-order chi connectivity index (χ1) is 13.0. The Balaban J connectivity index is 1.83. The number of hydrogen-bond donors (Lipinski definition) is 1. The van der Waals surface area contributed by atoms with Crippen molar-refractivity contribution in [1.82, 2.24) is 0 Å². The number of non-ortho nitro benzene ring substituents is 1. The van der Waals surface area contributed by atoms with Crippen LogP contribution in [0.2, 0.25) is 0 Å². The minimum Gasteiger partial charge on any atom is -0.495 e. The molecule has 2 aromatic carbocycles. The average molecular weight is 367 g/mol. The van der Waals surface area contributed by atoms with Crippen LogP contribution in [0.15, 0.2) is 48.6 Å². The Hall–Kier alpha value is -3.42. The SMILES string of the molecule is COc1ccc([N+](=O)[O-])c2c1N[C@H](c1ccc([N+](=O)[O-])cc1)[C@H]1CC=C[C@@H]21. The lowest BCUT2D eigenvalue weighted by molar-refractivity contribution is -0.385. The highest BCUT2D eigenvalue weighted by atomic mass is 16.6. The van der Waals surface area contributed by atoms with Crippen molar-refractivity contribution in [2.45, 2.75) is 18.4 Å². The van der Waals surface area contributed by atoms with Crippen LogP contribution >= 0.6 is 0 Å². The molecule has 2 aliphatic rings. The van der Waals surface area contributed by atoms with Crippen LogP contribution in [0, 0.1) is 26.1 Å². The monoisotopic (exact) mass is 367 g/mol. The Labute approximate surface area is 154 Å². The molecule has 0 amide bonds. The van der Waals surface area contributed by atoms with Gasteiger partial charge in [0.1, 0.15) is 5.75 Å². The Kier molecular flexibility index (Phi) is 4.02. The first-order valence-corrected chi connectivity index (χ1v) is 8.54. The van der Waals surface area contributed by atoms with Crippen molar-refractivity contribution in [2.24, 2.45) is 5.92 Å². The standard InChI is InChI=1S/C19H17N3O5/c1-27-16-10-9-15(22(25)26)17-13-3-2-4-14(13)18(20-19(16)17)11-5-7-12(8-6-11)21(23)24/h2-3,5-10,13-14,18,20H,4H2,1H3/t13-,14+,18-/m1/s1. The summed E-state index contributed by atoms with van der Waals surface area (Å²) in [5.41, 5.74) is 2.25. The van der Waals surface area contributed by atoms with E-state index in [1.165, 1.54) is 25.3 Å². The number of nitrogens with one attached hydrogen (secondary N) is 1. The minimum absolute atomic E-state index is 0.0317. The zero-order valence-corrected chi connectivity index (χ0v) is 14.5. The molecule has 0 saturated carbocycles. The fourth-order valence-electron chi connectivity index (χ4n) is 4.13. The molecule has 0 fully saturated rings. The highest BCUT2D eigenvalue weighted by Crippen LogP contribution is 2.54. The van der Waals surface area contributed by atoms with Gasteiger partial charge >= 0.3 is 0 Å². The maximum absolute atomic E-state index is 11.6. The fraction of sp³-hybridized carbons (Fsp3) is 0.263. The number of nitrogens with zero attached hydrogens (tertiary/aromatic N) is 2. The number of rotatable bonds is 4. The summed E-state index contributed by atoms with van der Waals surface area (Å²) in [7, 11) is 1.53. The van der Waals surface area contributed by atoms with E-state index in [2.05, 4.69) is 5.32 Å². The second kappa shape index (κ2) is 6.39.